The van der Waals surface area contributed by atoms with Gasteiger partial charge in [-0.05, 0) is 60.7 Å². The van der Waals surface area contributed by atoms with E-state index >= 15 is 0 Å². The van der Waals surface area contributed by atoms with Gasteiger partial charge in [-0.2, -0.15) is 0 Å². The van der Waals surface area contributed by atoms with Crippen LogP contribution in [0.3, 0.4) is 0 Å². The first-order valence-corrected chi connectivity index (χ1v) is 10.2. The van der Waals surface area contributed by atoms with Crippen molar-refractivity contribution in [2.24, 2.45) is 11.3 Å². The van der Waals surface area contributed by atoms with Crippen molar-refractivity contribution in [2.45, 2.75) is 32.3 Å². The molecule has 3 saturated heterocycles. The number of hydrogen-bond acceptors (Lipinski definition) is 4. The number of rotatable bonds is 4. The van der Waals surface area contributed by atoms with Crippen LogP contribution in [0.2, 0.25) is 0 Å². The standard InChI is InChI=1S/C20H26N2O2S/c1-20(8-11-25-14-20)12-16-4-2-3-5-17(16)21-19(23)24-18-13-22-9-6-15(18)7-10-22/h2-5,8,11,15,18H,6-7,9-10,12-14H2,1H3,(H,21,23). The summed E-state index contributed by atoms with van der Waals surface area (Å²) in [4.78, 5) is 14.9. The highest BCUT2D eigenvalue weighted by molar-refractivity contribution is 8.02. The van der Waals surface area contributed by atoms with Crippen molar-refractivity contribution in [3.63, 3.8) is 0 Å². The summed E-state index contributed by atoms with van der Waals surface area (Å²) in [5.41, 5.74) is 2.20. The number of piperidine rings is 3. The number of allylic oxidation sites excluding steroid dienone is 1. The number of thioether (sulfide) groups is 1. The number of nitrogens with one attached hydrogen (secondary N) is 1. The molecule has 0 aliphatic carbocycles. The van der Waals surface area contributed by atoms with Crippen molar-refractivity contribution in [3.05, 3.63) is 41.3 Å². The van der Waals surface area contributed by atoms with Crippen molar-refractivity contribution in [1.29, 1.82) is 0 Å². The van der Waals surface area contributed by atoms with Crippen molar-refractivity contribution < 1.29 is 9.53 Å². The minimum Gasteiger partial charge on any atom is -0.444 e. The molecule has 0 saturated carbocycles. The van der Waals surface area contributed by atoms with Gasteiger partial charge in [-0.15, -0.1) is 11.8 Å². The molecular formula is C20H26N2O2S. The van der Waals surface area contributed by atoms with E-state index in [4.69, 9.17) is 4.74 Å². The first-order valence-electron chi connectivity index (χ1n) is 9.19. The number of amides is 1. The smallest absolute Gasteiger partial charge is 0.411 e. The Morgan fingerprint density at radius 3 is 2.84 bits per heavy atom. The maximum Gasteiger partial charge on any atom is 0.411 e. The minimum atomic E-state index is -0.312. The molecule has 3 fully saturated rings. The Morgan fingerprint density at radius 1 is 1.36 bits per heavy atom. The van der Waals surface area contributed by atoms with Crippen LogP contribution in [0.25, 0.3) is 0 Å². The number of carbonyl (C=O) groups is 1. The number of carbonyl (C=O) groups excluding carboxylic acids is 1. The van der Waals surface area contributed by atoms with Crippen LogP contribution in [0.1, 0.15) is 25.3 Å². The molecule has 1 aromatic carbocycles. The van der Waals surface area contributed by atoms with E-state index in [2.05, 4.69) is 34.7 Å². The van der Waals surface area contributed by atoms with Gasteiger partial charge in [0, 0.05) is 18.0 Å². The van der Waals surface area contributed by atoms with E-state index in [1.807, 2.05) is 30.0 Å². The maximum atomic E-state index is 12.5. The number of anilines is 1. The molecular weight excluding hydrogens is 332 g/mol. The molecule has 1 aromatic rings. The van der Waals surface area contributed by atoms with Crippen molar-refractivity contribution in [1.82, 2.24) is 4.90 Å². The fourth-order valence-corrected chi connectivity index (χ4v) is 5.26. The van der Waals surface area contributed by atoms with Crippen LogP contribution in [-0.2, 0) is 11.2 Å². The summed E-state index contributed by atoms with van der Waals surface area (Å²) in [6, 6.07) is 8.08. The fourth-order valence-electron chi connectivity index (χ4n) is 4.16. The normalized spacial score (nSPS) is 33.4. The van der Waals surface area contributed by atoms with Gasteiger partial charge in [0.05, 0.1) is 0 Å². The first kappa shape index (κ1) is 17.0. The highest BCUT2D eigenvalue weighted by atomic mass is 32.2. The summed E-state index contributed by atoms with van der Waals surface area (Å²) in [5.74, 6) is 1.62. The molecule has 1 amide bonds. The molecule has 4 aliphatic heterocycles. The summed E-state index contributed by atoms with van der Waals surface area (Å²) in [5, 5.41) is 5.18. The Bertz CT molecular complexity index is 669. The molecule has 1 N–H and O–H groups in total. The zero-order valence-corrected chi connectivity index (χ0v) is 15.6. The van der Waals surface area contributed by atoms with E-state index < -0.39 is 0 Å². The quantitative estimate of drug-likeness (QED) is 0.878. The largest absolute Gasteiger partial charge is 0.444 e. The van der Waals surface area contributed by atoms with E-state index in [0.29, 0.717) is 5.92 Å². The summed E-state index contributed by atoms with van der Waals surface area (Å²) < 4.78 is 5.77. The van der Waals surface area contributed by atoms with E-state index in [-0.39, 0.29) is 17.6 Å². The molecule has 25 heavy (non-hydrogen) atoms. The second-order valence-electron chi connectivity index (χ2n) is 7.81. The number of nitrogens with zero attached hydrogens (tertiary/aromatic N) is 1. The highest BCUT2D eigenvalue weighted by Crippen LogP contribution is 2.37. The van der Waals surface area contributed by atoms with Crippen LogP contribution >= 0.6 is 11.8 Å². The average Bonchev–Trinajstić information content (AvgIpc) is 3.04. The zero-order chi connectivity index (χ0) is 17.3. The van der Waals surface area contributed by atoms with E-state index in [9.17, 15) is 4.79 Å². The molecule has 134 valence electrons. The van der Waals surface area contributed by atoms with E-state index in [1.54, 1.807) is 0 Å². The molecule has 0 spiro atoms. The van der Waals surface area contributed by atoms with Gasteiger partial charge in [0.2, 0.25) is 0 Å². The SMILES string of the molecule is CC1(Cc2ccccc2NC(=O)OC2CN3CCC2CC3)C=CSC1. The van der Waals surface area contributed by atoms with Gasteiger partial charge in [0.25, 0.3) is 0 Å². The predicted molar refractivity (Wildman–Crippen MR) is 103 cm³/mol. The third kappa shape index (κ3) is 3.87. The van der Waals surface area contributed by atoms with Crippen molar-refractivity contribution in [3.8, 4) is 0 Å². The van der Waals surface area contributed by atoms with Crippen LogP contribution in [-0.4, -0.2) is 42.5 Å². The summed E-state index contributed by atoms with van der Waals surface area (Å²) in [6.45, 7) is 5.46. The summed E-state index contributed by atoms with van der Waals surface area (Å²) in [6.07, 6.45) is 5.23. The monoisotopic (exact) mass is 358 g/mol. The molecule has 4 aliphatic rings. The van der Waals surface area contributed by atoms with E-state index in [1.165, 1.54) is 5.56 Å². The topological polar surface area (TPSA) is 41.6 Å². The molecule has 2 atom stereocenters. The second-order valence-corrected chi connectivity index (χ2v) is 8.70. The number of para-hydroxylation sites is 1. The lowest BCUT2D eigenvalue weighted by molar-refractivity contribution is -0.0289. The third-order valence-electron chi connectivity index (χ3n) is 5.68. The number of fused-ring (bicyclic) bond motifs is 3. The first-order chi connectivity index (χ1) is 12.1. The number of ether oxygens (including phenoxy) is 1. The van der Waals surface area contributed by atoms with Gasteiger partial charge in [-0.25, -0.2) is 4.79 Å². The Hall–Kier alpha value is -1.46. The number of benzene rings is 1. The Kier molecular flexibility index (Phi) is 4.78. The Morgan fingerprint density at radius 2 is 2.16 bits per heavy atom. The van der Waals surface area contributed by atoms with Gasteiger partial charge >= 0.3 is 6.09 Å². The molecule has 4 heterocycles. The minimum absolute atomic E-state index is 0.0429. The molecule has 4 nitrogen and oxygen atoms in total. The third-order valence-corrected chi connectivity index (χ3v) is 6.84. The van der Waals surface area contributed by atoms with Crippen LogP contribution in [0, 0.1) is 11.3 Å². The molecule has 2 bridgehead atoms. The van der Waals surface area contributed by atoms with Crippen LogP contribution in [0.15, 0.2) is 35.7 Å². The molecule has 0 radical (unpaired) electrons. The lowest BCUT2D eigenvalue weighted by atomic mass is 9.85. The van der Waals surface area contributed by atoms with Gasteiger partial charge in [0.15, 0.2) is 0 Å². The van der Waals surface area contributed by atoms with Crippen molar-refractivity contribution >= 4 is 23.5 Å². The zero-order valence-electron chi connectivity index (χ0n) is 14.7. The Labute approximate surface area is 154 Å². The van der Waals surface area contributed by atoms with Gasteiger partial charge in [0.1, 0.15) is 6.10 Å². The van der Waals surface area contributed by atoms with Gasteiger partial charge < -0.3 is 4.74 Å². The highest BCUT2D eigenvalue weighted by Gasteiger charge is 2.36. The lowest BCUT2D eigenvalue weighted by Crippen LogP contribution is -2.52. The van der Waals surface area contributed by atoms with Gasteiger partial charge in [-0.3, -0.25) is 10.2 Å². The summed E-state index contributed by atoms with van der Waals surface area (Å²) >= 11 is 1.85. The second kappa shape index (κ2) is 7.04. The molecule has 0 aromatic heterocycles. The summed E-state index contributed by atoms with van der Waals surface area (Å²) in [7, 11) is 0. The molecule has 2 unspecified atom stereocenters. The molecule has 5 heteroatoms. The average molecular weight is 359 g/mol. The maximum absolute atomic E-state index is 12.5. The van der Waals surface area contributed by atoms with Crippen LogP contribution in [0.5, 0.6) is 0 Å². The lowest BCUT2D eigenvalue weighted by Gasteiger charge is -2.43. The van der Waals surface area contributed by atoms with Crippen LogP contribution < -0.4 is 5.32 Å². The number of hydrogen-bond donors (Lipinski definition) is 1. The van der Waals surface area contributed by atoms with E-state index in [0.717, 1.165) is 50.3 Å². The van der Waals surface area contributed by atoms with Crippen LogP contribution in [0.4, 0.5) is 10.5 Å². The fraction of sp³-hybridized carbons (Fsp3) is 0.550. The predicted octanol–water partition coefficient (Wildman–Crippen LogP) is 4.14. The van der Waals surface area contributed by atoms with Gasteiger partial charge in [-0.1, -0.05) is 31.2 Å². The molecule has 5 rings (SSSR count). The van der Waals surface area contributed by atoms with Crippen molar-refractivity contribution in [2.75, 3.05) is 30.7 Å². The Balaban J connectivity index is 1.40.